The van der Waals surface area contributed by atoms with Crippen LogP contribution in [-0.4, -0.2) is 44.8 Å². The summed E-state index contributed by atoms with van der Waals surface area (Å²) in [5.41, 5.74) is 3.55. The Hall–Kier alpha value is -3.07. The summed E-state index contributed by atoms with van der Waals surface area (Å²) in [5, 5.41) is 3.23. The van der Waals surface area contributed by atoms with Crippen molar-refractivity contribution in [2.75, 3.05) is 17.9 Å². The number of carbonyl (C=O) groups excluding carboxylic acids is 2. The molecular formula is C28H31Cl2N3O4S. The maximum Gasteiger partial charge on any atom is 0.264 e. The topological polar surface area (TPSA) is 86.8 Å². The smallest absolute Gasteiger partial charge is 0.264 e. The van der Waals surface area contributed by atoms with E-state index in [2.05, 4.69) is 5.32 Å². The lowest BCUT2D eigenvalue weighted by Crippen LogP contribution is -2.50. The van der Waals surface area contributed by atoms with Crippen LogP contribution in [0.4, 0.5) is 5.69 Å². The van der Waals surface area contributed by atoms with Gasteiger partial charge < -0.3 is 10.2 Å². The molecule has 0 fully saturated rings. The Morgan fingerprint density at radius 2 is 1.61 bits per heavy atom. The van der Waals surface area contributed by atoms with Gasteiger partial charge in [-0.15, -0.1) is 0 Å². The molecule has 202 valence electrons. The molecule has 1 unspecified atom stereocenters. The molecule has 2 amide bonds. The highest BCUT2D eigenvalue weighted by Crippen LogP contribution is 2.30. The average molecular weight is 577 g/mol. The first kappa shape index (κ1) is 29.5. The lowest BCUT2D eigenvalue weighted by atomic mass is 10.1. The minimum absolute atomic E-state index is 0.0233. The van der Waals surface area contributed by atoms with E-state index in [1.807, 2.05) is 26.8 Å². The summed E-state index contributed by atoms with van der Waals surface area (Å²) in [6, 6.07) is 15.8. The fraction of sp³-hybridized carbons (Fsp3) is 0.286. The lowest BCUT2D eigenvalue weighted by molar-refractivity contribution is -0.139. The number of aryl methyl sites for hydroxylation is 2. The Morgan fingerprint density at radius 1 is 0.947 bits per heavy atom. The number of carbonyl (C=O) groups is 2. The van der Waals surface area contributed by atoms with E-state index < -0.39 is 34.4 Å². The van der Waals surface area contributed by atoms with Gasteiger partial charge in [-0.3, -0.25) is 13.9 Å². The molecule has 0 saturated carbocycles. The number of sulfonamides is 1. The van der Waals surface area contributed by atoms with Gasteiger partial charge in [0.25, 0.3) is 10.0 Å². The molecule has 0 aliphatic carbocycles. The monoisotopic (exact) mass is 575 g/mol. The molecule has 10 heteroatoms. The number of nitrogens with one attached hydrogen (secondary N) is 1. The van der Waals surface area contributed by atoms with E-state index in [0.717, 1.165) is 21.0 Å². The van der Waals surface area contributed by atoms with Crippen LogP contribution in [0.1, 0.15) is 29.2 Å². The van der Waals surface area contributed by atoms with Crippen LogP contribution in [-0.2, 0) is 26.2 Å². The van der Waals surface area contributed by atoms with Crippen LogP contribution >= 0.6 is 23.2 Å². The second-order valence-corrected chi connectivity index (χ2v) is 11.8. The van der Waals surface area contributed by atoms with Crippen molar-refractivity contribution in [1.82, 2.24) is 10.2 Å². The van der Waals surface area contributed by atoms with Crippen molar-refractivity contribution in [3.05, 3.63) is 93.0 Å². The number of nitrogens with zero attached hydrogens (tertiary/aromatic N) is 2. The molecule has 7 nitrogen and oxygen atoms in total. The molecule has 0 aromatic heterocycles. The van der Waals surface area contributed by atoms with Crippen molar-refractivity contribution in [1.29, 1.82) is 0 Å². The van der Waals surface area contributed by atoms with E-state index in [9.17, 15) is 18.0 Å². The Kier molecular flexibility index (Phi) is 9.46. The van der Waals surface area contributed by atoms with E-state index >= 15 is 0 Å². The Morgan fingerprint density at radius 3 is 2.21 bits per heavy atom. The van der Waals surface area contributed by atoms with Gasteiger partial charge in [0, 0.05) is 13.6 Å². The molecule has 3 rings (SSSR count). The second kappa shape index (κ2) is 12.2. The van der Waals surface area contributed by atoms with Crippen LogP contribution in [0.3, 0.4) is 0 Å². The van der Waals surface area contributed by atoms with Crippen molar-refractivity contribution in [3.8, 4) is 0 Å². The van der Waals surface area contributed by atoms with E-state index in [1.54, 1.807) is 49.4 Å². The Bertz CT molecular complexity index is 1440. The summed E-state index contributed by atoms with van der Waals surface area (Å²) in [7, 11) is -2.65. The van der Waals surface area contributed by atoms with Crippen molar-refractivity contribution >= 4 is 50.7 Å². The maximum atomic E-state index is 13.9. The summed E-state index contributed by atoms with van der Waals surface area (Å²) >= 11 is 12.2. The van der Waals surface area contributed by atoms with Crippen molar-refractivity contribution < 1.29 is 18.0 Å². The number of hydrogen-bond acceptors (Lipinski definition) is 4. The van der Waals surface area contributed by atoms with E-state index in [0.29, 0.717) is 21.3 Å². The third kappa shape index (κ3) is 6.49. The number of amides is 2. The van der Waals surface area contributed by atoms with Crippen molar-refractivity contribution in [2.45, 2.75) is 45.2 Å². The normalized spacial score (nSPS) is 12.1. The van der Waals surface area contributed by atoms with E-state index in [1.165, 1.54) is 24.1 Å². The van der Waals surface area contributed by atoms with Gasteiger partial charge in [0.1, 0.15) is 12.6 Å². The van der Waals surface area contributed by atoms with Crippen LogP contribution in [0.15, 0.2) is 65.6 Å². The number of benzene rings is 3. The van der Waals surface area contributed by atoms with Gasteiger partial charge in [0.05, 0.1) is 20.6 Å². The first-order chi connectivity index (χ1) is 17.9. The van der Waals surface area contributed by atoms with Crippen LogP contribution in [0.2, 0.25) is 10.0 Å². The zero-order valence-corrected chi connectivity index (χ0v) is 24.3. The fourth-order valence-electron chi connectivity index (χ4n) is 3.98. The van der Waals surface area contributed by atoms with Crippen molar-refractivity contribution in [2.24, 2.45) is 0 Å². The highest BCUT2D eigenvalue weighted by atomic mass is 35.5. The Labute approximate surface area is 234 Å². The van der Waals surface area contributed by atoms with E-state index in [4.69, 9.17) is 23.2 Å². The molecule has 1 atom stereocenters. The third-order valence-corrected chi connectivity index (χ3v) is 9.00. The van der Waals surface area contributed by atoms with Crippen LogP contribution in [0, 0.1) is 20.8 Å². The number of anilines is 1. The summed E-state index contributed by atoms with van der Waals surface area (Å²) in [5.74, 6) is -0.943. The minimum atomic E-state index is -4.13. The summed E-state index contributed by atoms with van der Waals surface area (Å²) in [6.07, 6.45) is 0. The molecule has 0 aliphatic heterocycles. The highest BCUT2D eigenvalue weighted by Gasteiger charge is 2.33. The largest absolute Gasteiger partial charge is 0.357 e. The molecule has 0 bridgehead atoms. The van der Waals surface area contributed by atoms with Gasteiger partial charge in [0.2, 0.25) is 11.8 Å². The number of hydrogen-bond donors (Lipinski definition) is 1. The molecule has 0 spiro atoms. The van der Waals surface area contributed by atoms with Crippen LogP contribution in [0.25, 0.3) is 0 Å². The molecule has 0 saturated heterocycles. The van der Waals surface area contributed by atoms with Gasteiger partial charge in [-0.2, -0.15) is 0 Å². The molecule has 38 heavy (non-hydrogen) atoms. The molecule has 3 aromatic rings. The first-order valence-electron chi connectivity index (χ1n) is 12.0. The highest BCUT2D eigenvalue weighted by molar-refractivity contribution is 7.92. The zero-order valence-electron chi connectivity index (χ0n) is 22.0. The quantitative estimate of drug-likeness (QED) is 0.376. The summed E-state index contributed by atoms with van der Waals surface area (Å²) in [6.45, 7) is 6.65. The predicted octanol–water partition coefficient (Wildman–Crippen LogP) is 5.28. The lowest BCUT2D eigenvalue weighted by Gasteiger charge is -2.32. The standard InChI is InChI=1S/C28H31Cl2N3O4S/c1-18-9-12-23(13-10-18)38(36,37)33(26-8-6-7-19(2)20(26)3)17-27(34)32(21(4)28(35)31-5)16-22-11-14-24(29)25(30)15-22/h6-15,21H,16-17H2,1-5H3,(H,31,35). The number of halogens is 2. The van der Waals surface area contributed by atoms with Gasteiger partial charge in [-0.25, -0.2) is 8.42 Å². The fourth-order valence-corrected chi connectivity index (χ4v) is 5.78. The van der Waals surface area contributed by atoms with Crippen molar-refractivity contribution in [3.63, 3.8) is 0 Å². The maximum absolute atomic E-state index is 13.9. The van der Waals surface area contributed by atoms with Crippen LogP contribution < -0.4 is 9.62 Å². The molecule has 1 N–H and O–H groups in total. The SMILES string of the molecule is CNC(=O)C(C)N(Cc1ccc(Cl)c(Cl)c1)C(=O)CN(c1cccc(C)c1C)S(=O)(=O)c1ccc(C)cc1. The molecule has 0 radical (unpaired) electrons. The Balaban J connectivity index is 2.08. The number of likely N-dealkylation sites (N-methyl/N-ethyl adjacent to an activating group) is 1. The molecular weight excluding hydrogens is 545 g/mol. The second-order valence-electron chi connectivity index (χ2n) is 9.10. The van der Waals surface area contributed by atoms with Gasteiger partial charge in [-0.1, -0.05) is 59.1 Å². The van der Waals surface area contributed by atoms with Crippen LogP contribution in [0.5, 0.6) is 0 Å². The first-order valence-corrected chi connectivity index (χ1v) is 14.2. The summed E-state index contributed by atoms with van der Waals surface area (Å²) < 4.78 is 28.9. The van der Waals surface area contributed by atoms with Gasteiger partial charge in [-0.05, 0) is 74.7 Å². The molecule has 0 heterocycles. The number of rotatable bonds is 9. The van der Waals surface area contributed by atoms with E-state index in [-0.39, 0.29) is 11.4 Å². The third-order valence-electron chi connectivity index (χ3n) is 6.48. The zero-order chi connectivity index (χ0) is 28.2. The predicted molar refractivity (Wildman–Crippen MR) is 152 cm³/mol. The minimum Gasteiger partial charge on any atom is -0.357 e. The average Bonchev–Trinajstić information content (AvgIpc) is 2.88. The molecule has 0 aliphatic rings. The molecule has 3 aromatic carbocycles. The van der Waals surface area contributed by atoms with Gasteiger partial charge in [0.15, 0.2) is 0 Å². The van der Waals surface area contributed by atoms with Gasteiger partial charge >= 0.3 is 0 Å². The summed E-state index contributed by atoms with van der Waals surface area (Å²) in [4.78, 5) is 27.8.